The van der Waals surface area contributed by atoms with Crippen molar-refractivity contribution in [1.29, 1.82) is 0 Å². The molecule has 7 nitrogen and oxygen atoms in total. The van der Waals surface area contributed by atoms with Gasteiger partial charge in [0.1, 0.15) is 5.75 Å². The van der Waals surface area contributed by atoms with Crippen molar-refractivity contribution >= 4 is 11.8 Å². The molecule has 2 bridgehead atoms. The van der Waals surface area contributed by atoms with Gasteiger partial charge in [-0.2, -0.15) is 0 Å². The monoisotopic (exact) mass is 604 g/mol. The molecule has 0 aromatic heterocycles. The number of aliphatic hydroxyl groups is 2. The number of benzene rings is 2. The van der Waals surface area contributed by atoms with Crippen LogP contribution in [0.2, 0.25) is 0 Å². The predicted molar refractivity (Wildman–Crippen MR) is 175 cm³/mol. The van der Waals surface area contributed by atoms with Crippen LogP contribution in [0.3, 0.4) is 0 Å². The van der Waals surface area contributed by atoms with E-state index < -0.39 is 17.1 Å². The average molecular weight is 605 g/mol. The molecule has 0 saturated heterocycles. The van der Waals surface area contributed by atoms with Gasteiger partial charge in [0.15, 0.2) is 5.78 Å². The number of ether oxygens (including phenoxy) is 1. The highest BCUT2D eigenvalue weighted by Gasteiger charge is 2.57. The number of hydrogen-bond donors (Lipinski definition) is 3. The molecule has 2 amide bonds. The molecule has 0 spiro atoms. The van der Waals surface area contributed by atoms with E-state index in [4.69, 9.17) is 4.74 Å². The van der Waals surface area contributed by atoms with Gasteiger partial charge in [-0.15, -0.1) is 0 Å². The van der Waals surface area contributed by atoms with Gasteiger partial charge in [-0.1, -0.05) is 37.6 Å². The standard InChI is InChI=1S/C37H52N2O5/c1-7-21-39(35(42)38-25(2)3)24-37(43)20-18-33-31-17-11-27(22-29(40)14-10-26(4)9-8-19-36(33,37)5)23-32(31)34(41)28-12-15-30(44-6)16-13-28/h9,11-13,15-17,23,25,29,33,40,43H,7-8,10,14,18-22,24H2,1-6H3,(H,38,42)/t29-,33-,36-,37+/m0/s1. The number of amides is 2. The van der Waals surface area contributed by atoms with E-state index in [-0.39, 0.29) is 30.3 Å². The first kappa shape index (κ1) is 33.7. The number of aliphatic hydroxyl groups excluding tert-OH is 1. The number of urea groups is 1. The van der Waals surface area contributed by atoms with Crippen LogP contribution < -0.4 is 10.1 Å². The molecule has 5 rings (SSSR count). The largest absolute Gasteiger partial charge is 0.497 e. The van der Waals surface area contributed by atoms with Gasteiger partial charge >= 0.3 is 6.03 Å². The van der Waals surface area contributed by atoms with Crippen LogP contribution in [0, 0.1) is 5.41 Å². The SMILES string of the molecule is CCCN(C[C@]1(O)CC[C@H]2c3ccc(cc3C(=O)c3ccc(OC)cc3)C[C@@H](O)CCC(C)=CCC[C@@]21C)C(=O)NC(C)C. The minimum atomic E-state index is -1.14. The van der Waals surface area contributed by atoms with Crippen LogP contribution in [0.4, 0.5) is 4.79 Å². The van der Waals surface area contributed by atoms with E-state index in [0.29, 0.717) is 55.5 Å². The van der Waals surface area contributed by atoms with Gasteiger partial charge in [0.05, 0.1) is 25.4 Å². The first-order valence-electron chi connectivity index (χ1n) is 16.3. The lowest BCUT2D eigenvalue weighted by Gasteiger charge is -2.46. The van der Waals surface area contributed by atoms with Crippen molar-refractivity contribution in [3.63, 3.8) is 0 Å². The molecular formula is C37H52N2O5. The van der Waals surface area contributed by atoms with Gasteiger partial charge in [-0.3, -0.25) is 4.79 Å². The zero-order chi connectivity index (χ0) is 32.1. The van der Waals surface area contributed by atoms with E-state index in [9.17, 15) is 19.8 Å². The molecule has 1 fully saturated rings. The third-order valence-corrected chi connectivity index (χ3v) is 9.91. The van der Waals surface area contributed by atoms with Crippen LogP contribution >= 0.6 is 0 Å². The highest BCUT2D eigenvalue weighted by molar-refractivity contribution is 6.10. The summed E-state index contributed by atoms with van der Waals surface area (Å²) in [7, 11) is 1.60. The summed E-state index contributed by atoms with van der Waals surface area (Å²) in [5, 5.41) is 26.5. The molecule has 0 heterocycles. The first-order chi connectivity index (χ1) is 20.9. The summed E-state index contributed by atoms with van der Waals surface area (Å²) in [6.45, 7) is 11.0. The Morgan fingerprint density at radius 1 is 1.11 bits per heavy atom. The molecule has 240 valence electrons. The van der Waals surface area contributed by atoms with Crippen molar-refractivity contribution in [1.82, 2.24) is 10.2 Å². The molecule has 0 aliphatic heterocycles. The van der Waals surface area contributed by atoms with Crippen molar-refractivity contribution < 1.29 is 24.5 Å². The zero-order valence-corrected chi connectivity index (χ0v) is 27.5. The van der Waals surface area contributed by atoms with Crippen molar-refractivity contribution in [3.8, 4) is 5.75 Å². The summed E-state index contributed by atoms with van der Waals surface area (Å²) >= 11 is 0. The predicted octanol–water partition coefficient (Wildman–Crippen LogP) is 6.79. The minimum absolute atomic E-state index is 0.00515. The Kier molecular flexibility index (Phi) is 11.0. The number of fused-ring (bicyclic) bond motifs is 8. The van der Waals surface area contributed by atoms with Crippen LogP contribution in [0.25, 0.3) is 0 Å². The lowest BCUT2D eigenvalue weighted by atomic mass is 9.64. The normalized spacial score (nSPS) is 25.6. The maximum absolute atomic E-state index is 14.2. The fourth-order valence-electron chi connectivity index (χ4n) is 7.27. The lowest BCUT2D eigenvalue weighted by molar-refractivity contribution is -0.0770. The molecule has 3 aliphatic carbocycles. The Labute approximate surface area is 263 Å². The summed E-state index contributed by atoms with van der Waals surface area (Å²) in [5.74, 6) is 0.503. The number of allylic oxidation sites excluding steroid dienone is 2. The first-order valence-corrected chi connectivity index (χ1v) is 16.3. The van der Waals surface area contributed by atoms with Crippen LogP contribution in [-0.4, -0.2) is 64.9 Å². The van der Waals surface area contributed by atoms with Gasteiger partial charge in [0.25, 0.3) is 0 Å². The minimum Gasteiger partial charge on any atom is -0.497 e. The molecule has 0 radical (unpaired) electrons. The van der Waals surface area contributed by atoms with Crippen molar-refractivity contribution in [3.05, 3.63) is 76.4 Å². The summed E-state index contributed by atoms with van der Waals surface area (Å²) in [4.78, 5) is 29.2. The van der Waals surface area contributed by atoms with Crippen LogP contribution in [0.15, 0.2) is 54.1 Å². The summed E-state index contributed by atoms with van der Waals surface area (Å²) in [6.07, 6.45) is 7.14. The smallest absolute Gasteiger partial charge is 0.317 e. The highest BCUT2D eigenvalue weighted by Crippen LogP contribution is 2.58. The van der Waals surface area contributed by atoms with Crippen LogP contribution in [0.1, 0.15) is 113 Å². The number of hydrogen-bond acceptors (Lipinski definition) is 5. The van der Waals surface area contributed by atoms with E-state index >= 15 is 0 Å². The zero-order valence-electron chi connectivity index (χ0n) is 27.5. The molecule has 2 aromatic rings. The Morgan fingerprint density at radius 2 is 1.84 bits per heavy atom. The Balaban J connectivity index is 1.82. The Bertz CT molecular complexity index is 1340. The summed E-state index contributed by atoms with van der Waals surface area (Å²) < 4.78 is 5.32. The topological polar surface area (TPSA) is 99.1 Å². The molecule has 0 unspecified atom stereocenters. The molecule has 7 heteroatoms. The number of carbonyl (C=O) groups is 2. The van der Waals surface area contributed by atoms with Gasteiger partial charge < -0.3 is 25.2 Å². The van der Waals surface area contributed by atoms with Crippen LogP contribution in [-0.2, 0) is 6.42 Å². The van der Waals surface area contributed by atoms with Gasteiger partial charge in [0.2, 0.25) is 0 Å². The molecule has 3 aliphatic rings. The number of nitrogens with one attached hydrogen (secondary N) is 1. The quantitative estimate of drug-likeness (QED) is 0.228. The third kappa shape index (κ3) is 7.37. The number of ketones is 1. The second kappa shape index (κ2) is 14.3. The van der Waals surface area contributed by atoms with Crippen molar-refractivity contribution in [2.24, 2.45) is 5.41 Å². The maximum atomic E-state index is 14.2. The van der Waals surface area contributed by atoms with Gasteiger partial charge in [-0.05, 0) is 120 Å². The van der Waals surface area contributed by atoms with Crippen LogP contribution in [0.5, 0.6) is 5.75 Å². The molecular weight excluding hydrogens is 552 g/mol. The molecule has 4 atom stereocenters. The Hall–Kier alpha value is -3.16. The molecule has 2 aromatic carbocycles. The van der Waals surface area contributed by atoms with E-state index in [0.717, 1.165) is 30.4 Å². The maximum Gasteiger partial charge on any atom is 0.317 e. The fourth-order valence-corrected chi connectivity index (χ4v) is 7.27. The van der Waals surface area contributed by atoms with E-state index in [1.165, 1.54) is 5.57 Å². The van der Waals surface area contributed by atoms with E-state index in [1.807, 2.05) is 32.9 Å². The van der Waals surface area contributed by atoms with E-state index in [2.05, 4.69) is 31.3 Å². The lowest BCUT2D eigenvalue weighted by Crippen LogP contribution is -2.56. The van der Waals surface area contributed by atoms with Crippen molar-refractivity contribution in [2.45, 2.75) is 110 Å². The average Bonchev–Trinajstić information content (AvgIpc) is 3.24. The molecule has 1 saturated carbocycles. The number of methoxy groups -OCH3 is 1. The second-order valence-electron chi connectivity index (χ2n) is 13.5. The van der Waals surface area contributed by atoms with Gasteiger partial charge in [0, 0.05) is 29.1 Å². The number of nitrogens with zero attached hydrogens (tertiary/aromatic N) is 1. The highest BCUT2D eigenvalue weighted by atomic mass is 16.5. The third-order valence-electron chi connectivity index (χ3n) is 9.91. The molecule has 44 heavy (non-hydrogen) atoms. The molecule has 3 N–H and O–H groups in total. The fraction of sp³-hybridized carbons (Fsp3) is 0.568. The van der Waals surface area contributed by atoms with Gasteiger partial charge in [-0.25, -0.2) is 4.79 Å². The summed E-state index contributed by atoms with van der Waals surface area (Å²) in [5.41, 5.74) is 2.52. The van der Waals surface area contributed by atoms with E-state index in [1.54, 1.807) is 36.3 Å². The second-order valence-corrected chi connectivity index (χ2v) is 13.5. The number of carbonyl (C=O) groups excluding carboxylic acids is 2. The Morgan fingerprint density at radius 3 is 2.50 bits per heavy atom. The number of rotatable bonds is 8. The summed E-state index contributed by atoms with van der Waals surface area (Å²) in [6, 6.07) is 13.1. The van der Waals surface area contributed by atoms with Crippen molar-refractivity contribution in [2.75, 3.05) is 20.2 Å².